The van der Waals surface area contributed by atoms with Crippen LogP contribution in [0.25, 0.3) is 0 Å². The number of benzene rings is 2. The molecule has 0 aliphatic heterocycles. The van der Waals surface area contributed by atoms with Gasteiger partial charge in [-0.05, 0) is 42.8 Å². The lowest BCUT2D eigenvalue weighted by Crippen LogP contribution is -2.38. The minimum atomic E-state index is -0.316. The first-order valence-corrected chi connectivity index (χ1v) is 8.70. The van der Waals surface area contributed by atoms with Crippen molar-refractivity contribution in [3.05, 3.63) is 68.1 Å². The summed E-state index contributed by atoms with van der Waals surface area (Å²) in [7, 11) is 0. The molecule has 1 atom stereocenters. The molecule has 0 spiro atoms. The van der Waals surface area contributed by atoms with E-state index >= 15 is 0 Å². The molecule has 0 fully saturated rings. The van der Waals surface area contributed by atoms with Gasteiger partial charge >= 0.3 is 0 Å². The molecule has 2 amide bonds. The second kappa shape index (κ2) is 8.51. The van der Waals surface area contributed by atoms with Crippen LogP contribution in [0.5, 0.6) is 0 Å². The molecular formula is C17H15BrCl2N2O2. The third-order valence-corrected chi connectivity index (χ3v) is 4.36. The van der Waals surface area contributed by atoms with Crippen LogP contribution >= 0.6 is 39.1 Å². The van der Waals surface area contributed by atoms with Crippen LogP contribution in [-0.2, 0) is 4.79 Å². The molecule has 2 N–H and O–H groups in total. The smallest absolute Gasteiger partial charge is 0.251 e. The van der Waals surface area contributed by atoms with E-state index in [9.17, 15) is 9.59 Å². The topological polar surface area (TPSA) is 58.2 Å². The zero-order valence-electron chi connectivity index (χ0n) is 12.8. The van der Waals surface area contributed by atoms with E-state index in [4.69, 9.17) is 23.2 Å². The minimum Gasteiger partial charge on any atom is -0.348 e. The second-order valence-corrected chi connectivity index (χ2v) is 6.91. The van der Waals surface area contributed by atoms with Gasteiger partial charge < -0.3 is 10.6 Å². The van der Waals surface area contributed by atoms with Gasteiger partial charge in [-0.1, -0.05) is 51.3 Å². The molecule has 0 heterocycles. The van der Waals surface area contributed by atoms with Crippen LogP contribution < -0.4 is 10.6 Å². The standard InChI is InChI=1S/C17H15BrCl2N2O2/c1-10(14-6-5-13(19)8-15(14)20)22-16(23)9-21-17(24)11-3-2-4-12(18)7-11/h2-8,10H,9H2,1H3,(H,21,24)(H,22,23). The number of rotatable bonds is 5. The van der Waals surface area contributed by atoms with Gasteiger partial charge in [0, 0.05) is 20.1 Å². The quantitative estimate of drug-likeness (QED) is 0.741. The summed E-state index contributed by atoms with van der Waals surface area (Å²) in [4.78, 5) is 24.0. The van der Waals surface area contributed by atoms with Crippen molar-refractivity contribution in [2.45, 2.75) is 13.0 Å². The fraction of sp³-hybridized carbons (Fsp3) is 0.176. The molecule has 0 saturated heterocycles. The van der Waals surface area contributed by atoms with Crippen molar-refractivity contribution in [1.82, 2.24) is 10.6 Å². The Kier molecular flexibility index (Phi) is 6.66. The Morgan fingerprint density at radius 2 is 1.92 bits per heavy atom. The second-order valence-electron chi connectivity index (χ2n) is 5.15. The predicted molar refractivity (Wildman–Crippen MR) is 99.5 cm³/mol. The van der Waals surface area contributed by atoms with E-state index in [1.165, 1.54) is 0 Å². The van der Waals surface area contributed by atoms with Gasteiger partial charge in [0.25, 0.3) is 5.91 Å². The van der Waals surface area contributed by atoms with Gasteiger partial charge in [-0.3, -0.25) is 9.59 Å². The van der Waals surface area contributed by atoms with E-state index < -0.39 is 0 Å². The van der Waals surface area contributed by atoms with Crippen molar-refractivity contribution in [3.8, 4) is 0 Å². The first kappa shape index (κ1) is 18.8. The molecule has 0 aliphatic rings. The number of carbonyl (C=O) groups is 2. The van der Waals surface area contributed by atoms with Crippen molar-refractivity contribution in [1.29, 1.82) is 0 Å². The first-order valence-electron chi connectivity index (χ1n) is 7.15. The Morgan fingerprint density at radius 1 is 1.17 bits per heavy atom. The van der Waals surface area contributed by atoms with Crippen LogP contribution in [0.4, 0.5) is 0 Å². The fourth-order valence-electron chi connectivity index (χ4n) is 2.12. The first-order chi connectivity index (χ1) is 11.4. The Hall–Kier alpha value is -1.56. The molecule has 7 heteroatoms. The number of carbonyl (C=O) groups excluding carboxylic acids is 2. The lowest BCUT2D eigenvalue weighted by atomic mass is 10.1. The van der Waals surface area contributed by atoms with E-state index in [0.717, 1.165) is 10.0 Å². The normalized spacial score (nSPS) is 11.7. The summed E-state index contributed by atoms with van der Waals surface area (Å²) < 4.78 is 0.797. The highest BCUT2D eigenvalue weighted by Crippen LogP contribution is 2.25. The van der Waals surface area contributed by atoms with Gasteiger partial charge in [0.15, 0.2) is 0 Å². The van der Waals surface area contributed by atoms with Crippen LogP contribution in [0.3, 0.4) is 0 Å². The van der Waals surface area contributed by atoms with Crippen LogP contribution in [-0.4, -0.2) is 18.4 Å². The molecule has 24 heavy (non-hydrogen) atoms. The molecule has 4 nitrogen and oxygen atoms in total. The Balaban J connectivity index is 1.90. The average Bonchev–Trinajstić information content (AvgIpc) is 2.52. The maximum absolute atomic E-state index is 12.0. The molecule has 1 unspecified atom stereocenters. The lowest BCUT2D eigenvalue weighted by molar-refractivity contribution is -0.120. The zero-order chi connectivity index (χ0) is 17.7. The number of hydrogen-bond donors (Lipinski definition) is 2. The molecule has 0 saturated carbocycles. The van der Waals surface area contributed by atoms with E-state index in [0.29, 0.717) is 15.6 Å². The largest absolute Gasteiger partial charge is 0.348 e. The van der Waals surface area contributed by atoms with Crippen molar-refractivity contribution in [2.24, 2.45) is 0 Å². The van der Waals surface area contributed by atoms with Crippen LogP contribution in [0.2, 0.25) is 10.0 Å². The summed E-state index contributed by atoms with van der Waals surface area (Å²) in [5.74, 6) is -0.625. The summed E-state index contributed by atoms with van der Waals surface area (Å²) in [5.41, 5.74) is 1.23. The Morgan fingerprint density at radius 3 is 2.58 bits per heavy atom. The molecule has 2 aromatic rings. The average molecular weight is 430 g/mol. The van der Waals surface area contributed by atoms with Crippen molar-refractivity contribution < 1.29 is 9.59 Å². The van der Waals surface area contributed by atoms with E-state index in [2.05, 4.69) is 26.6 Å². The number of halogens is 3. The molecule has 0 bridgehead atoms. The lowest BCUT2D eigenvalue weighted by Gasteiger charge is -2.16. The Bertz CT molecular complexity index is 768. The molecule has 0 aromatic heterocycles. The number of nitrogens with one attached hydrogen (secondary N) is 2. The molecule has 2 aromatic carbocycles. The summed E-state index contributed by atoms with van der Waals surface area (Å²) >= 11 is 15.3. The fourth-order valence-corrected chi connectivity index (χ4v) is 3.09. The molecular weight excluding hydrogens is 415 g/mol. The highest BCUT2D eigenvalue weighted by atomic mass is 79.9. The Labute approximate surface area is 158 Å². The number of hydrogen-bond acceptors (Lipinski definition) is 2. The maximum Gasteiger partial charge on any atom is 0.251 e. The van der Waals surface area contributed by atoms with Crippen molar-refractivity contribution in [2.75, 3.05) is 6.54 Å². The van der Waals surface area contributed by atoms with E-state index in [1.807, 2.05) is 13.0 Å². The third kappa shape index (κ3) is 5.23. The zero-order valence-corrected chi connectivity index (χ0v) is 15.9. The highest BCUT2D eigenvalue weighted by Gasteiger charge is 2.14. The monoisotopic (exact) mass is 428 g/mol. The van der Waals surface area contributed by atoms with Gasteiger partial charge in [-0.15, -0.1) is 0 Å². The van der Waals surface area contributed by atoms with Gasteiger partial charge in [0.05, 0.1) is 12.6 Å². The van der Waals surface area contributed by atoms with Crippen molar-refractivity contribution >= 4 is 50.9 Å². The van der Waals surface area contributed by atoms with Crippen LogP contribution in [0.15, 0.2) is 46.9 Å². The van der Waals surface area contributed by atoms with Gasteiger partial charge in [0.1, 0.15) is 0 Å². The summed E-state index contributed by atoms with van der Waals surface area (Å²) in [6.45, 7) is 1.68. The summed E-state index contributed by atoms with van der Waals surface area (Å²) in [6, 6.07) is 11.7. The van der Waals surface area contributed by atoms with Crippen molar-refractivity contribution in [3.63, 3.8) is 0 Å². The SMILES string of the molecule is CC(NC(=O)CNC(=O)c1cccc(Br)c1)c1ccc(Cl)cc1Cl. The number of amides is 2. The van der Waals surface area contributed by atoms with E-state index in [1.54, 1.807) is 36.4 Å². The molecule has 0 aliphatic carbocycles. The summed E-state index contributed by atoms with van der Waals surface area (Å²) in [5, 5.41) is 6.38. The van der Waals surface area contributed by atoms with Gasteiger partial charge in [-0.2, -0.15) is 0 Å². The van der Waals surface area contributed by atoms with Crippen LogP contribution in [0.1, 0.15) is 28.9 Å². The predicted octanol–water partition coefficient (Wildman–Crippen LogP) is 4.36. The van der Waals surface area contributed by atoms with Crippen LogP contribution in [0, 0.1) is 0 Å². The maximum atomic E-state index is 12.0. The molecule has 2 rings (SSSR count). The summed E-state index contributed by atoms with van der Waals surface area (Å²) in [6.07, 6.45) is 0. The third-order valence-electron chi connectivity index (χ3n) is 3.30. The highest BCUT2D eigenvalue weighted by molar-refractivity contribution is 9.10. The van der Waals surface area contributed by atoms with E-state index in [-0.39, 0.29) is 24.4 Å². The van der Waals surface area contributed by atoms with Gasteiger partial charge in [0.2, 0.25) is 5.91 Å². The minimum absolute atomic E-state index is 0.124. The molecule has 0 radical (unpaired) electrons. The van der Waals surface area contributed by atoms with Gasteiger partial charge in [-0.25, -0.2) is 0 Å². The molecule has 126 valence electrons.